The number of hydrogen-bond acceptors (Lipinski definition) is 4. The van der Waals surface area contributed by atoms with Crippen molar-refractivity contribution in [2.24, 2.45) is 0 Å². The maximum Gasteiger partial charge on any atom is 0.311 e. The monoisotopic (exact) mass is 336 g/mol. The van der Waals surface area contributed by atoms with Crippen molar-refractivity contribution in [2.45, 2.75) is 12.3 Å². The van der Waals surface area contributed by atoms with Crippen molar-refractivity contribution in [3.63, 3.8) is 0 Å². The molecule has 1 atom stereocenters. The lowest BCUT2D eigenvalue weighted by Gasteiger charge is -2.17. The second kappa shape index (κ2) is 7.24. The molecule has 0 bridgehead atoms. The zero-order valence-corrected chi connectivity index (χ0v) is 13.5. The first-order valence-corrected chi connectivity index (χ1v) is 7.26. The summed E-state index contributed by atoms with van der Waals surface area (Å²) in [6.07, 6.45) is 0.220. The minimum atomic E-state index is -0.974. The Morgan fingerprint density at radius 2 is 1.91 bits per heavy atom. The summed E-state index contributed by atoms with van der Waals surface area (Å²) in [6.45, 7) is 0. The van der Waals surface area contributed by atoms with E-state index in [9.17, 15) is 15.0 Å². The summed E-state index contributed by atoms with van der Waals surface area (Å²) in [6, 6.07) is 9.67. The van der Waals surface area contributed by atoms with Gasteiger partial charge in [-0.15, -0.1) is 0 Å². The molecule has 2 rings (SSSR count). The second-order valence-electron chi connectivity index (χ2n) is 4.99. The first-order chi connectivity index (χ1) is 11.0. The molecule has 0 radical (unpaired) electrons. The summed E-state index contributed by atoms with van der Waals surface area (Å²) >= 11 is 5.88. The number of hydrogen-bond donors (Lipinski definition) is 2. The van der Waals surface area contributed by atoms with Gasteiger partial charge in [-0.2, -0.15) is 0 Å². The molecule has 0 saturated carbocycles. The third-order valence-electron chi connectivity index (χ3n) is 3.57. The van der Waals surface area contributed by atoms with E-state index in [1.54, 1.807) is 30.3 Å². The molecule has 0 amide bonds. The minimum absolute atomic E-state index is 0.0377. The van der Waals surface area contributed by atoms with E-state index in [4.69, 9.17) is 21.1 Å². The standard InChI is InChI=1S/C17H17ClO5/c1-22-11-4-5-12(16(9-11)23-2)13(17(20)21)7-10-3-6-15(19)14(18)8-10/h3-6,8-9,13,19H,7H2,1-2H3,(H,20,21). The molecule has 2 N–H and O–H groups in total. The number of aromatic hydroxyl groups is 1. The van der Waals surface area contributed by atoms with Crippen molar-refractivity contribution in [3.8, 4) is 17.2 Å². The molecule has 5 nitrogen and oxygen atoms in total. The van der Waals surface area contributed by atoms with E-state index in [0.717, 1.165) is 0 Å². The van der Waals surface area contributed by atoms with Gasteiger partial charge in [-0.1, -0.05) is 23.7 Å². The summed E-state index contributed by atoms with van der Waals surface area (Å²) in [4.78, 5) is 11.7. The van der Waals surface area contributed by atoms with Gasteiger partial charge in [0.05, 0.1) is 25.2 Å². The number of carboxylic acid groups (broad SMARTS) is 1. The van der Waals surface area contributed by atoms with Crippen LogP contribution in [-0.2, 0) is 11.2 Å². The summed E-state index contributed by atoms with van der Waals surface area (Å²) in [5.41, 5.74) is 1.25. The van der Waals surface area contributed by atoms with Gasteiger partial charge < -0.3 is 19.7 Å². The Hall–Kier alpha value is -2.40. The van der Waals surface area contributed by atoms with Gasteiger partial charge in [0.2, 0.25) is 0 Å². The van der Waals surface area contributed by atoms with E-state index in [-0.39, 0.29) is 17.2 Å². The van der Waals surface area contributed by atoms with Crippen molar-refractivity contribution in [1.29, 1.82) is 0 Å². The Labute approximate surface area is 139 Å². The van der Waals surface area contributed by atoms with Gasteiger partial charge in [-0.05, 0) is 30.2 Å². The van der Waals surface area contributed by atoms with E-state index in [2.05, 4.69) is 0 Å². The van der Waals surface area contributed by atoms with Crippen LogP contribution in [0, 0.1) is 0 Å². The van der Waals surface area contributed by atoms with E-state index < -0.39 is 11.9 Å². The van der Waals surface area contributed by atoms with Gasteiger partial charge in [0.15, 0.2) is 0 Å². The normalized spacial score (nSPS) is 11.8. The molecule has 0 aromatic heterocycles. The molecule has 6 heteroatoms. The van der Waals surface area contributed by atoms with Gasteiger partial charge >= 0.3 is 5.97 Å². The Kier molecular flexibility index (Phi) is 5.34. The molecule has 0 aliphatic rings. The smallest absolute Gasteiger partial charge is 0.311 e. The Morgan fingerprint density at radius 3 is 2.48 bits per heavy atom. The van der Waals surface area contributed by atoms with Crippen molar-refractivity contribution >= 4 is 17.6 Å². The topological polar surface area (TPSA) is 76.0 Å². The average Bonchev–Trinajstić information content (AvgIpc) is 2.55. The van der Waals surface area contributed by atoms with Crippen molar-refractivity contribution in [3.05, 3.63) is 52.5 Å². The third kappa shape index (κ3) is 3.87. The Bertz CT molecular complexity index is 714. The molecule has 122 valence electrons. The fraction of sp³-hybridized carbons (Fsp3) is 0.235. The highest BCUT2D eigenvalue weighted by Crippen LogP contribution is 2.34. The predicted molar refractivity (Wildman–Crippen MR) is 86.7 cm³/mol. The number of phenols is 1. The predicted octanol–water partition coefficient (Wildman–Crippen LogP) is 3.47. The third-order valence-corrected chi connectivity index (χ3v) is 3.87. The van der Waals surface area contributed by atoms with Crippen LogP contribution in [0.5, 0.6) is 17.2 Å². The first kappa shape index (κ1) is 17.0. The fourth-order valence-electron chi connectivity index (χ4n) is 2.35. The lowest BCUT2D eigenvalue weighted by atomic mass is 9.91. The molecule has 0 saturated heterocycles. The van der Waals surface area contributed by atoms with Crippen molar-refractivity contribution in [1.82, 2.24) is 0 Å². The van der Waals surface area contributed by atoms with Crippen LogP contribution in [-0.4, -0.2) is 30.4 Å². The van der Waals surface area contributed by atoms with Crippen LogP contribution in [0.1, 0.15) is 17.0 Å². The zero-order chi connectivity index (χ0) is 17.0. The van der Waals surface area contributed by atoms with E-state index in [1.165, 1.54) is 20.3 Å². The van der Waals surface area contributed by atoms with Gasteiger partial charge in [-0.25, -0.2) is 0 Å². The summed E-state index contributed by atoms with van der Waals surface area (Å²) < 4.78 is 10.4. The fourth-order valence-corrected chi connectivity index (χ4v) is 2.55. The van der Waals surface area contributed by atoms with Gasteiger partial charge in [-0.3, -0.25) is 4.79 Å². The molecule has 0 aliphatic heterocycles. The Balaban J connectivity index is 2.38. The molecule has 1 unspecified atom stereocenters. The van der Waals surface area contributed by atoms with Crippen LogP contribution in [0.3, 0.4) is 0 Å². The van der Waals surface area contributed by atoms with E-state index in [0.29, 0.717) is 22.6 Å². The number of aliphatic carboxylic acids is 1. The summed E-state index contributed by atoms with van der Waals surface area (Å²) in [7, 11) is 3.01. The molecular weight excluding hydrogens is 320 g/mol. The number of carboxylic acids is 1. The first-order valence-electron chi connectivity index (χ1n) is 6.88. The number of ether oxygens (including phenoxy) is 2. The number of methoxy groups -OCH3 is 2. The van der Waals surface area contributed by atoms with Crippen molar-refractivity contribution < 1.29 is 24.5 Å². The number of benzene rings is 2. The molecule has 0 heterocycles. The average molecular weight is 337 g/mol. The quantitative estimate of drug-likeness (QED) is 0.844. The SMILES string of the molecule is COc1ccc(C(Cc2ccc(O)c(Cl)c2)C(=O)O)c(OC)c1. The minimum Gasteiger partial charge on any atom is -0.506 e. The maximum absolute atomic E-state index is 11.7. The maximum atomic E-state index is 11.7. The molecule has 0 fully saturated rings. The molecular formula is C17H17ClO5. The molecule has 2 aromatic carbocycles. The van der Waals surface area contributed by atoms with Crippen LogP contribution in [0.15, 0.2) is 36.4 Å². The molecule has 23 heavy (non-hydrogen) atoms. The number of carbonyl (C=O) groups is 1. The van der Waals surface area contributed by atoms with Crippen LogP contribution < -0.4 is 9.47 Å². The molecule has 0 aliphatic carbocycles. The highest BCUT2D eigenvalue weighted by atomic mass is 35.5. The summed E-state index contributed by atoms with van der Waals surface area (Å²) in [5, 5.41) is 19.2. The number of phenolic OH excluding ortho intramolecular Hbond substituents is 1. The number of rotatable bonds is 6. The Morgan fingerprint density at radius 1 is 1.17 bits per heavy atom. The second-order valence-corrected chi connectivity index (χ2v) is 5.40. The molecule has 0 spiro atoms. The van der Waals surface area contributed by atoms with E-state index >= 15 is 0 Å². The lowest BCUT2D eigenvalue weighted by Crippen LogP contribution is -2.15. The van der Waals surface area contributed by atoms with Gasteiger partial charge in [0.1, 0.15) is 17.2 Å². The largest absolute Gasteiger partial charge is 0.506 e. The highest BCUT2D eigenvalue weighted by Gasteiger charge is 2.24. The zero-order valence-electron chi connectivity index (χ0n) is 12.7. The van der Waals surface area contributed by atoms with Gasteiger partial charge in [0, 0.05) is 11.6 Å². The van der Waals surface area contributed by atoms with Crippen LogP contribution in [0.2, 0.25) is 5.02 Å². The van der Waals surface area contributed by atoms with Crippen LogP contribution >= 0.6 is 11.6 Å². The van der Waals surface area contributed by atoms with Crippen LogP contribution in [0.25, 0.3) is 0 Å². The summed E-state index contributed by atoms with van der Waals surface area (Å²) in [5.74, 6) is -0.789. The lowest BCUT2D eigenvalue weighted by molar-refractivity contribution is -0.138. The highest BCUT2D eigenvalue weighted by molar-refractivity contribution is 6.32. The van der Waals surface area contributed by atoms with Gasteiger partial charge in [0.25, 0.3) is 0 Å². The van der Waals surface area contributed by atoms with Crippen molar-refractivity contribution in [2.75, 3.05) is 14.2 Å². The number of halogens is 1. The molecule has 2 aromatic rings. The van der Waals surface area contributed by atoms with Crippen LogP contribution in [0.4, 0.5) is 0 Å². The van der Waals surface area contributed by atoms with E-state index in [1.807, 2.05) is 0 Å².